The Labute approximate surface area is 80.6 Å². The summed E-state index contributed by atoms with van der Waals surface area (Å²) in [6.07, 6.45) is 1.94. The average molecular weight is 280 g/mol. The lowest BCUT2D eigenvalue weighted by molar-refractivity contribution is -0.108. The largest absolute Gasteiger partial charge is 0.328 e. The van der Waals surface area contributed by atoms with Crippen molar-refractivity contribution in [2.45, 2.75) is 6.54 Å². The number of nitrogens with one attached hydrogen (secondary N) is 1. The summed E-state index contributed by atoms with van der Waals surface area (Å²) in [5.41, 5.74) is -0.990. The Morgan fingerprint density at radius 2 is 2.25 bits per heavy atom. The number of carbonyl (C=O) groups is 1. The van der Waals surface area contributed by atoms with Gasteiger partial charge in [0.05, 0.1) is 10.1 Å². The van der Waals surface area contributed by atoms with Crippen LogP contribution in [0.3, 0.4) is 0 Å². The first kappa shape index (κ1) is 9.17. The molecule has 0 spiro atoms. The maximum atomic E-state index is 10.9. The molecule has 0 aliphatic carbocycles. The van der Waals surface area contributed by atoms with Gasteiger partial charge in [-0.2, -0.15) is 0 Å². The van der Waals surface area contributed by atoms with Gasteiger partial charge in [-0.05, 0) is 22.6 Å². The molecule has 1 heterocycles. The monoisotopic (exact) mass is 280 g/mol. The number of rotatable bonds is 2. The first-order valence-electron chi connectivity index (χ1n) is 3.08. The predicted molar refractivity (Wildman–Crippen MR) is 50.1 cm³/mol. The number of H-pyrrole nitrogens is 1. The van der Waals surface area contributed by atoms with E-state index in [0.717, 1.165) is 4.57 Å². The van der Waals surface area contributed by atoms with E-state index in [1.54, 1.807) is 22.6 Å². The van der Waals surface area contributed by atoms with E-state index in [0.29, 0.717) is 9.86 Å². The topological polar surface area (TPSA) is 71.9 Å². The van der Waals surface area contributed by atoms with E-state index in [4.69, 9.17) is 0 Å². The molecule has 64 valence electrons. The first-order valence-corrected chi connectivity index (χ1v) is 4.16. The van der Waals surface area contributed by atoms with E-state index >= 15 is 0 Å². The van der Waals surface area contributed by atoms with Crippen LogP contribution < -0.4 is 11.2 Å². The Morgan fingerprint density at radius 3 is 2.83 bits per heavy atom. The number of hydrogen-bond donors (Lipinski definition) is 1. The summed E-state index contributed by atoms with van der Waals surface area (Å²) in [7, 11) is 0. The smallest absolute Gasteiger partial charge is 0.301 e. The Morgan fingerprint density at radius 1 is 1.58 bits per heavy atom. The average Bonchev–Trinajstić information content (AvgIpc) is 2.01. The molecule has 0 amide bonds. The summed E-state index contributed by atoms with van der Waals surface area (Å²) in [6.45, 7) is -0.0361. The zero-order valence-corrected chi connectivity index (χ0v) is 8.07. The third kappa shape index (κ3) is 1.81. The van der Waals surface area contributed by atoms with Crippen molar-refractivity contribution in [1.82, 2.24) is 9.55 Å². The van der Waals surface area contributed by atoms with Crippen LogP contribution in [0.1, 0.15) is 0 Å². The minimum Gasteiger partial charge on any atom is -0.301 e. The Bertz CT molecular complexity index is 406. The molecule has 0 aromatic carbocycles. The molecule has 1 aromatic rings. The predicted octanol–water partition coefficient (Wildman–Crippen LogP) is -0.660. The van der Waals surface area contributed by atoms with Crippen LogP contribution in [0.5, 0.6) is 0 Å². The van der Waals surface area contributed by atoms with Crippen LogP contribution in [0.4, 0.5) is 0 Å². The fourth-order valence-electron chi connectivity index (χ4n) is 0.699. The fraction of sp³-hybridized carbons (Fsp3) is 0.167. The van der Waals surface area contributed by atoms with Crippen LogP contribution in [-0.2, 0) is 11.3 Å². The number of aromatic amines is 1. The minimum absolute atomic E-state index is 0.0361. The summed E-state index contributed by atoms with van der Waals surface area (Å²) in [4.78, 5) is 33.9. The molecule has 1 rings (SSSR count). The van der Waals surface area contributed by atoms with Gasteiger partial charge in [0.15, 0.2) is 0 Å². The highest BCUT2D eigenvalue weighted by Gasteiger charge is 1.99. The molecule has 0 radical (unpaired) electrons. The molecule has 1 N–H and O–H groups in total. The van der Waals surface area contributed by atoms with Gasteiger partial charge in [-0.3, -0.25) is 14.3 Å². The van der Waals surface area contributed by atoms with Crippen LogP contribution in [0.15, 0.2) is 15.8 Å². The van der Waals surface area contributed by atoms with Crippen LogP contribution in [0.2, 0.25) is 0 Å². The quantitative estimate of drug-likeness (QED) is 0.577. The van der Waals surface area contributed by atoms with Crippen molar-refractivity contribution >= 4 is 28.9 Å². The molecular formula is C6H5IN2O3. The van der Waals surface area contributed by atoms with E-state index in [1.807, 2.05) is 0 Å². The van der Waals surface area contributed by atoms with Crippen molar-refractivity contribution in [3.63, 3.8) is 0 Å². The first-order chi connectivity index (χ1) is 5.65. The lowest BCUT2D eigenvalue weighted by Crippen LogP contribution is -2.31. The van der Waals surface area contributed by atoms with Gasteiger partial charge in [-0.1, -0.05) is 0 Å². The summed E-state index contributed by atoms with van der Waals surface area (Å²) >= 11 is 1.79. The van der Waals surface area contributed by atoms with Gasteiger partial charge >= 0.3 is 5.69 Å². The minimum atomic E-state index is -0.562. The molecule has 0 saturated heterocycles. The number of hydrogen-bond acceptors (Lipinski definition) is 3. The standard InChI is InChI=1S/C6H5IN2O3/c7-4-3-9(1-2-10)6(12)8-5(4)11/h2-3H,1H2,(H,8,11,12). The zero-order valence-electron chi connectivity index (χ0n) is 5.91. The third-order valence-electron chi connectivity index (χ3n) is 1.24. The molecule has 0 atom stereocenters. The molecular weight excluding hydrogens is 275 g/mol. The lowest BCUT2D eigenvalue weighted by Gasteiger charge is -1.98. The number of halogens is 1. The van der Waals surface area contributed by atoms with Crippen molar-refractivity contribution < 1.29 is 4.79 Å². The summed E-state index contributed by atoms with van der Waals surface area (Å²) in [6, 6.07) is 0. The van der Waals surface area contributed by atoms with E-state index in [1.165, 1.54) is 6.20 Å². The molecule has 0 bridgehead atoms. The van der Waals surface area contributed by atoms with Gasteiger partial charge < -0.3 is 4.79 Å². The fourth-order valence-corrected chi connectivity index (χ4v) is 1.17. The van der Waals surface area contributed by atoms with Gasteiger partial charge in [-0.15, -0.1) is 0 Å². The number of aldehydes is 1. The van der Waals surface area contributed by atoms with E-state index in [2.05, 4.69) is 4.98 Å². The van der Waals surface area contributed by atoms with Crippen LogP contribution in [0, 0.1) is 3.57 Å². The molecule has 5 nitrogen and oxygen atoms in total. The second-order valence-electron chi connectivity index (χ2n) is 2.06. The van der Waals surface area contributed by atoms with Gasteiger partial charge in [-0.25, -0.2) is 4.79 Å². The van der Waals surface area contributed by atoms with Crippen molar-refractivity contribution in [3.05, 3.63) is 30.6 Å². The highest BCUT2D eigenvalue weighted by atomic mass is 127. The maximum Gasteiger partial charge on any atom is 0.328 e. The molecule has 1 aromatic heterocycles. The SMILES string of the molecule is O=CCn1cc(I)c(=O)[nH]c1=O. The van der Waals surface area contributed by atoms with Gasteiger partial charge in [0, 0.05) is 6.20 Å². The van der Waals surface area contributed by atoms with Gasteiger partial charge in [0.25, 0.3) is 5.56 Å². The molecule has 0 aliphatic rings. The maximum absolute atomic E-state index is 10.9. The van der Waals surface area contributed by atoms with Crippen molar-refractivity contribution in [1.29, 1.82) is 0 Å². The van der Waals surface area contributed by atoms with Crippen LogP contribution in [0.25, 0.3) is 0 Å². The molecule has 0 unspecified atom stereocenters. The molecule has 0 saturated carbocycles. The molecule has 0 fully saturated rings. The number of carbonyl (C=O) groups excluding carboxylic acids is 1. The Hall–Kier alpha value is -0.920. The van der Waals surface area contributed by atoms with E-state index in [-0.39, 0.29) is 6.54 Å². The summed E-state index contributed by atoms with van der Waals surface area (Å²) < 4.78 is 1.52. The highest BCUT2D eigenvalue weighted by Crippen LogP contribution is 1.91. The van der Waals surface area contributed by atoms with Gasteiger partial charge in [0.1, 0.15) is 6.29 Å². The molecule has 6 heteroatoms. The summed E-state index contributed by atoms with van der Waals surface area (Å²) in [5, 5.41) is 0. The van der Waals surface area contributed by atoms with E-state index < -0.39 is 11.2 Å². The normalized spacial score (nSPS) is 9.75. The molecule has 0 aliphatic heterocycles. The van der Waals surface area contributed by atoms with Crippen LogP contribution in [-0.4, -0.2) is 15.8 Å². The van der Waals surface area contributed by atoms with Crippen molar-refractivity contribution in [3.8, 4) is 0 Å². The highest BCUT2D eigenvalue weighted by molar-refractivity contribution is 14.1. The van der Waals surface area contributed by atoms with Crippen LogP contribution >= 0.6 is 22.6 Å². The van der Waals surface area contributed by atoms with E-state index in [9.17, 15) is 14.4 Å². The number of aromatic nitrogens is 2. The lowest BCUT2D eigenvalue weighted by atomic mass is 10.6. The number of nitrogens with zero attached hydrogens (tertiary/aromatic N) is 1. The second-order valence-corrected chi connectivity index (χ2v) is 3.22. The third-order valence-corrected chi connectivity index (χ3v) is 2.01. The van der Waals surface area contributed by atoms with Gasteiger partial charge in [0.2, 0.25) is 0 Å². The van der Waals surface area contributed by atoms with Crippen molar-refractivity contribution in [2.75, 3.05) is 0 Å². The summed E-state index contributed by atoms with van der Waals surface area (Å²) in [5.74, 6) is 0. The molecule has 12 heavy (non-hydrogen) atoms. The van der Waals surface area contributed by atoms with Crippen molar-refractivity contribution in [2.24, 2.45) is 0 Å². The Balaban J connectivity index is 3.32. The Kier molecular flexibility index (Phi) is 2.79. The zero-order chi connectivity index (χ0) is 9.14. The second kappa shape index (κ2) is 3.65.